The maximum Gasteiger partial charge on any atom is 0.244 e. The van der Waals surface area contributed by atoms with E-state index < -0.39 is 5.91 Å². The molecular weight excluding hydrogens is 118 g/mol. The second kappa shape index (κ2) is 3.83. The van der Waals surface area contributed by atoms with Gasteiger partial charge in [0.2, 0.25) is 5.91 Å². The molecule has 0 saturated heterocycles. The van der Waals surface area contributed by atoms with Crippen LogP contribution in [0.2, 0.25) is 0 Å². The first kappa shape index (κ1) is 7.88. The Labute approximate surface area is 53.5 Å². The second-order valence-electron chi connectivity index (χ2n) is 1.55. The predicted octanol–water partition coefficient (Wildman–Crippen LogP) is 0.00700. The lowest BCUT2D eigenvalue weighted by atomic mass is 10.2. The number of amides is 1. The number of hydrogen-bond acceptors (Lipinski definition) is 2. The number of allylic oxidation sites excluding steroid dienone is 1. The lowest BCUT2D eigenvalue weighted by Crippen LogP contribution is -2.13. The number of hydrogen-bond donors (Lipinski definition) is 1. The Morgan fingerprint density at radius 3 is 2.33 bits per heavy atom. The molecule has 0 aliphatic rings. The van der Waals surface area contributed by atoms with Crippen LogP contribution in [0.25, 0.3) is 0 Å². The molecule has 3 heteroatoms. The fourth-order valence-electron chi connectivity index (χ4n) is 0.456. The molecule has 0 rings (SSSR count). The summed E-state index contributed by atoms with van der Waals surface area (Å²) < 4.78 is 0. The van der Waals surface area contributed by atoms with E-state index in [1.54, 1.807) is 6.92 Å². The predicted molar refractivity (Wildman–Crippen MR) is 33.6 cm³/mol. The topological polar surface area (TPSA) is 60.2 Å². The van der Waals surface area contributed by atoms with Crippen LogP contribution in [0.15, 0.2) is 11.6 Å². The Bertz CT molecular complexity index is 149. The van der Waals surface area contributed by atoms with Crippen molar-refractivity contribution < 1.29 is 9.59 Å². The number of nitrogens with two attached hydrogens (primary N) is 1. The van der Waals surface area contributed by atoms with Gasteiger partial charge in [-0.15, -0.1) is 0 Å². The number of aldehydes is 1. The molecule has 1 amide bonds. The first-order chi connectivity index (χ1) is 4.22. The molecule has 0 heterocycles. The van der Waals surface area contributed by atoms with Crippen molar-refractivity contribution >= 4 is 12.2 Å². The van der Waals surface area contributed by atoms with Crippen LogP contribution >= 0.6 is 0 Å². The molecular formula is C6H9NO2. The van der Waals surface area contributed by atoms with Gasteiger partial charge in [-0.3, -0.25) is 9.59 Å². The molecule has 0 radical (unpaired) electrons. The van der Waals surface area contributed by atoms with Gasteiger partial charge in [-0.1, -0.05) is 6.92 Å². The summed E-state index contributed by atoms with van der Waals surface area (Å²) in [5.41, 5.74) is 5.23. The molecule has 0 aromatic carbocycles. The molecule has 0 unspecified atom stereocenters. The highest BCUT2D eigenvalue weighted by atomic mass is 16.1. The molecule has 0 aromatic heterocycles. The van der Waals surface area contributed by atoms with Gasteiger partial charge in [0.15, 0.2) is 0 Å². The van der Waals surface area contributed by atoms with Crippen molar-refractivity contribution in [2.45, 2.75) is 13.3 Å². The van der Waals surface area contributed by atoms with Crippen LogP contribution in [-0.4, -0.2) is 12.2 Å². The van der Waals surface area contributed by atoms with E-state index in [2.05, 4.69) is 0 Å². The summed E-state index contributed by atoms with van der Waals surface area (Å²) in [6, 6.07) is 0. The Morgan fingerprint density at radius 1 is 1.67 bits per heavy atom. The summed E-state index contributed by atoms with van der Waals surface area (Å²) in [6.45, 7) is 1.76. The summed E-state index contributed by atoms with van der Waals surface area (Å²) >= 11 is 0. The molecule has 0 saturated carbocycles. The quantitative estimate of drug-likeness (QED) is 0.428. The largest absolute Gasteiger partial charge is 0.366 e. The standard InChI is InChI=1S/C6H9NO2/c1-2-5(3-4-8)6(7)9/h3-4H,2H2,1H3,(H2,7,9). The maximum atomic E-state index is 10.3. The normalized spacial score (nSPS) is 11.0. The highest BCUT2D eigenvalue weighted by Gasteiger charge is 1.98. The van der Waals surface area contributed by atoms with E-state index in [4.69, 9.17) is 5.73 Å². The van der Waals surface area contributed by atoms with E-state index >= 15 is 0 Å². The van der Waals surface area contributed by atoms with Crippen LogP contribution in [0.4, 0.5) is 0 Å². The molecule has 0 aliphatic heterocycles. The van der Waals surface area contributed by atoms with Crippen LogP contribution < -0.4 is 5.73 Å². The fraction of sp³-hybridized carbons (Fsp3) is 0.333. The maximum absolute atomic E-state index is 10.3. The third kappa shape index (κ3) is 2.64. The monoisotopic (exact) mass is 127 g/mol. The lowest BCUT2D eigenvalue weighted by Gasteiger charge is -1.92. The fourth-order valence-corrected chi connectivity index (χ4v) is 0.456. The van der Waals surface area contributed by atoms with Crippen LogP contribution in [-0.2, 0) is 9.59 Å². The number of primary amides is 1. The van der Waals surface area contributed by atoms with Crippen molar-refractivity contribution in [2.75, 3.05) is 0 Å². The summed E-state index contributed by atoms with van der Waals surface area (Å²) in [6.07, 6.45) is 2.25. The van der Waals surface area contributed by atoms with E-state index in [1.165, 1.54) is 6.08 Å². The van der Waals surface area contributed by atoms with E-state index in [-0.39, 0.29) is 0 Å². The molecule has 50 valence electrons. The summed E-state index contributed by atoms with van der Waals surface area (Å²) in [5, 5.41) is 0. The average Bonchev–Trinajstić information content (AvgIpc) is 1.82. The lowest BCUT2D eigenvalue weighted by molar-refractivity contribution is -0.115. The molecule has 0 bridgehead atoms. The van der Waals surface area contributed by atoms with Crippen molar-refractivity contribution in [1.82, 2.24) is 0 Å². The number of rotatable bonds is 3. The second-order valence-corrected chi connectivity index (χ2v) is 1.55. The minimum atomic E-state index is -0.524. The zero-order valence-corrected chi connectivity index (χ0v) is 5.26. The molecule has 2 N–H and O–H groups in total. The van der Waals surface area contributed by atoms with Crippen molar-refractivity contribution in [2.24, 2.45) is 5.73 Å². The first-order valence-electron chi connectivity index (χ1n) is 2.66. The summed E-state index contributed by atoms with van der Waals surface area (Å²) in [5.74, 6) is -0.524. The van der Waals surface area contributed by atoms with E-state index in [0.29, 0.717) is 18.3 Å². The summed E-state index contributed by atoms with van der Waals surface area (Å²) in [7, 11) is 0. The van der Waals surface area contributed by atoms with E-state index in [1.807, 2.05) is 0 Å². The Balaban J connectivity index is 4.14. The third-order valence-electron chi connectivity index (χ3n) is 0.967. The van der Waals surface area contributed by atoms with Gasteiger partial charge in [-0.25, -0.2) is 0 Å². The van der Waals surface area contributed by atoms with Crippen LogP contribution in [0.3, 0.4) is 0 Å². The molecule has 0 aliphatic carbocycles. The van der Waals surface area contributed by atoms with Crippen molar-refractivity contribution in [3.63, 3.8) is 0 Å². The van der Waals surface area contributed by atoms with Crippen molar-refractivity contribution in [3.05, 3.63) is 11.6 Å². The minimum Gasteiger partial charge on any atom is -0.366 e. The molecule has 0 spiro atoms. The van der Waals surface area contributed by atoms with Crippen molar-refractivity contribution in [1.29, 1.82) is 0 Å². The first-order valence-corrected chi connectivity index (χ1v) is 2.66. The van der Waals surface area contributed by atoms with E-state index in [9.17, 15) is 9.59 Å². The summed E-state index contributed by atoms with van der Waals surface area (Å²) in [4.78, 5) is 20.1. The highest BCUT2D eigenvalue weighted by Crippen LogP contribution is 1.95. The zero-order chi connectivity index (χ0) is 7.28. The third-order valence-corrected chi connectivity index (χ3v) is 0.967. The van der Waals surface area contributed by atoms with Crippen molar-refractivity contribution in [3.8, 4) is 0 Å². The molecule has 3 nitrogen and oxygen atoms in total. The molecule has 0 fully saturated rings. The highest BCUT2D eigenvalue weighted by molar-refractivity contribution is 5.95. The van der Waals surface area contributed by atoms with Gasteiger partial charge in [-0.05, 0) is 12.5 Å². The Hall–Kier alpha value is -1.12. The average molecular weight is 127 g/mol. The van der Waals surface area contributed by atoms with Gasteiger partial charge in [0.25, 0.3) is 0 Å². The number of carbonyl (C=O) groups is 2. The zero-order valence-electron chi connectivity index (χ0n) is 5.26. The Morgan fingerprint density at radius 2 is 2.22 bits per heavy atom. The van der Waals surface area contributed by atoms with Crippen LogP contribution in [0.1, 0.15) is 13.3 Å². The van der Waals surface area contributed by atoms with Gasteiger partial charge in [0.05, 0.1) is 0 Å². The number of carbonyl (C=O) groups excluding carboxylic acids is 2. The SMILES string of the molecule is CCC(=CC=O)C(N)=O. The minimum absolute atomic E-state index is 0.366. The molecule has 9 heavy (non-hydrogen) atoms. The van der Waals surface area contributed by atoms with Crippen LogP contribution in [0.5, 0.6) is 0 Å². The van der Waals surface area contributed by atoms with Gasteiger partial charge < -0.3 is 5.73 Å². The molecule has 0 aromatic rings. The van der Waals surface area contributed by atoms with Gasteiger partial charge in [0.1, 0.15) is 6.29 Å². The van der Waals surface area contributed by atoms with E-state index in [0.717, 1.165) is 0 Å². The van der Waals surface area contributed by atoms with Gasteiger partial charge in [-0.2, -0.15) is 0 Å². The smallest absolute Gasteiger partial charge is 0.244 e. The van der Waals surface area contributed by atoms with Gasteiger partial charge >= 0.3 is 0 Å². The van der Waals surface area contributed by atoms with Crippen LogP contribution in [0, 0.1) is 0 Å². The van der Waals surface area contributed by atoms with Gasteiger partial charge in [0, 0.05) is 5.57 Å². The molecule has 0 atom stereocenters. The Kier molecular flexibility index (Phi) is 3.35.